The summed E-state index contributed by atoms with van der Waals surface area (Å²) in [4.78, 5) is 8.06. The Morgan fingerprint density at radius 1 is 1.08 bits per heavy atom. The maximum absolute atomic E-state index is 5.51. The number of imidazole rings is 1. The van der Waals surface area contributed by atoms with Crippen molar-refractivity contribution in [1.82, 2.24) is 9.97 Å². The van der Waals surface area contributed by atoms with Gasteiger partial charge in [0.05, 0.1) is 0 Å². The first-order valence-corrected chi connectivity index (χ1v) is 4.03. The van der Waals surface area contributed by atoms with Crippen LogP contribution in [0.3, 0.4) is 0 Å². The molecule has 0 saturated carbocycles. The second kappa shape index (κ2) is 2.29. The van der Waals surface area contributed by atoms with Crippen molar-refractivity contribution in [1.29, 1.82) is 0 Å². The van der Waals surface area contributed by atoms with Crippen molar-refractivity contribution in [3.05, 3.63) is 36.7 Å². The SMILES string of the molecule is c1ccc2oc3ncnc-3cc2c1. The molecule has 0 spiro atoms. The van der Waals surface area contributed by atoms with Crippen molar-refractivity contribution in [2.75, 3.05) is 0 Å². The molecule has 0 saturated heterocycles. The summed E-state index contributed by atoms with van der Waals surface area (Å²) in [7, 11) is 0. The van der Waals surface area contributed by atoms with E-state index in [0.717, 1.165) is 16.7 Å². The van der Waals surface area contributed by atoms with Gasteiger partial charge in [0.2, 0.25) is 5.89 Å². The molecule has 3 heteroatoms. The lowest BCUT2D eigenvalue weighted by Gasteiger charge is -1.98. The highest BCUT2D eigenvalue weighted by Crippen LogP contribution is 2.24. The van der Waals surface area contributed by atoms with Gasteiger partial charge in [-0.05, 0) is 12.1 Å². The maximum atomic E-state index is 5.51. The summed E-state index contributed by atoms with van der Waals surface area (Å²) in [6, 6.07) is 9.80. The summed E-state index contributed by atoms with van der Waals surface area (Å²) in [6.07, 6.45) is 1.51. The number of nitrogens with zero attached hydrogens (tertiary/aromatic N) is 2. The van der Waals surface area contributed by atoms with Crippen molar-refractivity contribution in [3.63, 3.8) is 0 Å². The molecule has 2 aliphatic heterocycles. The maximum Gasteiger partial charge on any atom is 0.247 e. The molecule has 0 bridgehead atoms. The van der Waals surface area contributed by atoms with E-state index in [4.69, 9.17) is 4.42 Å². The molecule has 0 aromatic heterocycles. The van der Waals surface area contributed by atoms with Crippen LogP contribution in [-0.4, -0.2) is 9.97 Å². The first kappa shape index (κ1) is 6.60. The topological polar surface area (TPSA) is 38.9 Å². The largest absolute Gasteiger partial charge is 0.436 e. The van der Waals surface area contributed by atoms with Gasteiger partial charge >= 0.3 is 0 Å². The molecule has 0 atom stereocenters. The van der Waals surface area contributed by atoms with E-state index in [9.17, 15) is 0 Å². The predicted molar refractivity (Wildman–Crippen MR) is 48.4 cm³/mol. The van der Waals surface area contributed by atoms with E-state index in [-0.39, 0.29) is 0 Å². The number of para-hydroxylation sites is 1. The third-order valence-electron chi connectivity index (χ3n) is 2.01. The molecule has 0 amide bonds. The van der Waals surface area contributed by atoms with Crippen LogP contribution in [0.2, 0.25) is 0 Å². The second-order valence-electron chi connectivity index (χ2n) is 2.85. The van der Waals surface area contributed by atoms with Gasteiger partial charge < -0.3 is 4.42 Å². The van der Waals surface area contributed by atoms with Gasteiger partial charge in [-0.3, -0.25) is 0 Å². The van der Waals surface area contributed by atoms with E-state index in [2.05, 4.69) is 9.97 Å². The van der Waals surface area contributed by atoms with Gasteiger partial charge in [-0.25, -0.2) is 4.98 Å². The molecule has 0 unspecified atom stereocenters. The van der Waals surface area contributed by atoms with Crippen molar-refractivity contribution in [2.45, 2.75) is 0 Å². The fraction of sp³-hybridized carbons (Fsp3) is 0. The van der Waals surface area contributed by atoms with Crippen LogP contribution in [0.1, 0.15) is 0 Å². The summed E-state index contributed by atoms with van der Waals surface area (Å²) in [5, 5.41) is 1.05. The van der Waals surface area contributed by atoms with Crippen LogP contribution < -0.4 is 0 Å². The van der Waals surface area contributed by atoms with Gasteiger partial charge in [0, 0.05) is 5.39 Å². The van der Waals surface area contributed by atoms with Crippen LogP contribution in [-0.2, 0) is 0 Å². The third-order valence-corrected chi connectivity index (χ3v) is 2.01. The number of hydrogen-bond acceptors (Lipinski definition) is 3. The number of aromatic nitrogens is 2. The highest BCUT2D eigenvalue weighted by Gasteiger charge is 2.08. The Morgan fingerprint density at radius 2 is 2.00 bits per heavy atom. The smallest absolute Gasteiger partial charge is 0.247 e. The van der Waals surface area contributed by atoms with Gasteiger partial charge in [-0.15, -0.1) is 0 Å². The van der Waals surface area contributed by atoms with E-state index in [0.29, 0.717) is 5.89 Å². The van der Waals surface area contributed by atoms with Gasteiger partial charge in [0.15, 0.2) is 0 Å². The Hall–Kier alpha value is -1.90. The minimum absolute atomic E-state index is 0.596. The molecule has 3 rings (SSSR count). The second-order valence-corrected chi connectivity index (χ2v) is 2.85. The predicted octanol–water partition coefficient (Wildman–Crippen LogP) is 2.33. The zero-order valence-electron chi connectivity index (χ0n) is 6.77. The third kappa shape index (κ3) is 0.902. The van der Waals surface area contributed by atoms with E-state index in [1.807, 2.05) is 30.3 Å². The molecule has 0 N–H and O–H groups in total. The van der Waals surface area contributed by atoms with E-state index in [1.165, 1.54) is 6.33 Å². The lowest BCUT2D eigenvalue weighted by molar-refractivity contribution is 0.603. The highest BCUT2D eigenvalue weighted by molar-refractivity contribution is 5.80. The van der Waals surface area contributed by atoms with Crippen LogP contribution in [0, 0.1) is 0 Å². The molecule has 2 aliphatic rings. The van der Waals surface area contributed by atoms with Crippen LogP contribution in [0.15, 0.2) is 41.1 Å². The van der Waals surface area contributed by atoms with Crippen molar-refractivity contribution >= 4 is 11.0 Å². The van der Waals surface area contributed by atoms with E-state index >= 15 is 0 Å². The first-order valence-electron chi connectivity index (χ1n) is 4.03. The van der Waals surface area contributed by atoms with Crippen LogP contribution in [0.25, 0.3) is 22.6 Å². The molecule has 0 radical (unpaired) electrons. The molecule has 13 heavy (non-hydrogen) atoms. The number of hydrogen-bond donors (Lipinski definition) is 0. The minimum atomic E-state index is 0.596. The summed E-state index contributed by atoms with van der Waals surface area (Å²) < 4.78 is 5.51. The fourth-order valence-electron chi connectivity index (χ4n) is 1.39. The molecule has 1 aromatic carbocycles. The number of benzene rings is 1. The molecule has 0 fully saturated rings. The Labute approximate surface area is 74.4 Å². The Morgan fingerprint density at radius 3 is 3.00 bits per heavy atom. The summed E-state index contributed by atoms with van der Waals surface area (Å²) in [6.45, 7) is 0. The zero-order chi connectivity index (χ0) is 8.67. The highest BCUT2D eigenvalue weighted by atomic mass is 16.3. The standard InChI is InChI=1S/C10H6N2O/c1-2-4-9-7(3-1)5-8-10(13-9)12-6-11-8/h1-6H. The molecule has 3 nitrogen and oxygen atoms in total. The quantitative estimate of drug-likeness (QED) is 0.519. The molecule has 2 heterocycles. The van der Waals surface area contributed by atoms with Crippen molar-refractivity contribution in [3.8, 4) is 11.6 Å². The van der Waals surface area contributed by atoms with E-state index < -0.39 is 0 Å². The van der Waals surface area contributed by atoms with Crippen LogP contribution in [0.4, 0.5) is 0 Å². The van der Waals surface area contributed by atoms with Crippen molar-refractivity contribution < 1.29 is 4.42 Å². The molecular weight excluding hydrogens is 164 g/mol. The Balaban J connectivity index is 2.52. The van der Waals surface area contributed by atoms with Crippen LogP contribution in [0.5, 0.6) is 0 Å². The minimum Gasteiger partial charge on any atom is -0.436 e. The van der Waals surface area contributed by atoms with E-state index in [1.54, 1.807) is 0 Å². The monoisotopic (exact) mass is 170 g/mol. The van der Waals surface area contributed by atoms with Gasteiger partial charge in [0.25, 0.3) is 0 Å². The average molecular weight is 170 g/mol. The molecule has 0 aliphatic carbocycles. The normalized spacial score (nSPS) is 11.1. The summed E-state index contributed by atoms with van der Waals surface area (Å²) >= 11 is 0. The van der Waals surface area contributed by atoms with Crippen molar-refractivity contribution in [2.24, 2.45) is 0 Å². The van der Waals surface area contributed by atoms with Gasteiger partial charge in [-0.1, -0.05) is 18.2 Å². The fourth-order valence-corrected chi connectivity index (χ4v) is 1.39. The van der Waals surface area contributed by atoms with Crippen LogP contribution >= 0.6 is 0 Å². The Kier molecular flexibility index (Phi) is 1.16. The Bertz CT molecular complexity index is 483. The zero-order valence-corrected chi connectivity index (χ0v) is 6.77. The summed E-state index contributed by atoms with van der Waals surface area (Å²) in [5.41, 5.74) is 1.65. The lowest BCUT2D eigenvalue weighted by atomic mass is 10.2. The summed E-state index contributed by atoms with van der Waals surface area (Å²) in [5.74, 6) is 0.596. The van der Waals surface area contributed by atoms with Gasteiger partial charge in [0.1, 0.15) is 17.6 Å². The first-order chi connectivity index (χ1) is 6.43. The number of rotatable bonds is 0. The number of fused-ring (bicyclic) bond motifs is 2. The lowest BCUT2D eigenvalue weighted by Crippen LogP contribution is -1.79. The van der Waals surface area contributed by atoms with Gasteiger partial charge in [-0.2, -0.15) is 4.98 Å². The molecule has 1 aromatic rings. The molecule has 62 valence electrons. The average Bonchev–Trinajstić information content (AvgIpc) is 2.61. The molecular formula is C10H6N2O.